The highest BCUT2D eigenvalue weighted by Gasteiger charge is 2.27. The number of nitrogens with zero attached hydrogens (tertiary/aromatic N) is 3. The molecular formula is C27H34FN5O4S. The Morgan fingerprint density at radius 2 is 1.71 bits per heavy atom. The lowest BCUT2D eigenvalue weighted by Gasteiger charge is -2.33. The van der Waals surface area contributed by atoms with E-state index in [1.165, 1.54) is 36.4 Å². The highest BCUT2D eigenvalue weighted by atomic mass is 32.2. The number of rotatable bonds is 10. The van der Waals surface area contributed by atoms with Crippen molar-refractivity contribution in [3.63, 3.8) is 0 Å². The van der Waals surface area contributed by atoms with Crippen LogP contribution in [0, 0.1) is 11.7 Å². The lowest BCUT2D eigenvalue weighted by molar-refractivity contribution is 0.0981. The van der Waals surface area contributed by atoms with Gasteiger partial charge in [-0.1, -0.05) is 19.9 Å². The van der Waals surface area contributed by atoms with E-state index in [4.69, 9.17) is 15.5 Å². The third-order valence-corrected chi connectivity index (χ3v) is 6.71. The lowest BCUT2D eigenvalue weighted by Crippen LogP contribution is -2.40. The fourth-order valence-corrected chi connectivity index (χ4v) is 4.88. The SMILES string of the molecule is CC(C)COc1cc(F)cc(-c2ccc(C(=O)NS(=O)(=O)c3cccc(N)n3)c(N(C(C)C)C(C)C)n2)c1. The number of hydrogen-bond donors (Lipinski definition) is 2. The van der Waals surface area contributed by atoms with E-state index in [1.807, 2.05) is 46.4 Å². The van der Waals surface area contributed by atoms with Crippen molar-refractivity contribution in [2.75, 3.05) is 17.2 Å². The minimum absolute atomic E-state index is 0.00431. The molecule has 204 valence electrons. The van der Waals surface area contributed by atoms with Crippen LogP contribution >= 0.6 is 0 Å². The summed E-state index contributed by atoms with van der Waals surface area (Å²) in [7, 11) is -4.30. The van der Waals surface area contributed by atoms with Crippen molar-refractivity contribution in [2.24, 2.45) is 5.92 Å². The van der Waals surface area contributed by atoms with Gasteiger partial charge in [0.2, 0.25) is 0 Å². The van der Waals surface area contributed by atoms with Crippen molar-refractivity contribution in [1.29, 1.82) is 0 Å². The maximum Gasteiger partial charge on any atom is 0.281 e. The van der Waals surface area contributed by atoms with Crippen LogP contribution in [0.15, 0.2) is 53.6 Å². The second kappa shape index (κ2) is 11.8. The molecule has 0 unspecified atom stereocenters. The maximum absolute atomic E-state index is 14.5. The fourth-order valence-electron chi connectivity index (χ4n) is 3.94. The first-order chi connectivity index (χ1) is 17.8. The van der Waals surface area contributed by atoms with E-state index < -0.39 is 21.7 Å². The van der Waals surface area contributed by atoms with Gasteiger partial charge >= 0.3 is 0 Å². The van der Waals surface area contributed by atoms with E-state index >= 15 is 0 Å². The summed E-state index contributed by atoms with van der Waals surface area (Å²) >= 11 is 0. The Kier molecular flexibility index (Phi) is 8.93. The number of sulfonamides is 1. The molecule has 3 rings (SSSR count). The number of amides is 1. The topological polar surface area (TPSA) is 128 Å². The molecule has 38 heavy (non-hydrogen) atoms. The van der Waals surface area contributed by atoms with Crippen molar-refractivity contribution in [3.05, 3.63) is 59.9 Å². The minimum Gasteiger partial charge on any atom is -0.493 e. The standard InChI is InChI=1S/C27H34FN5O4S/c1-16(2)15-37-21-13-19(12-20(28)14-21)23-11-10-22(26(30-23)33(17(3)4)18(5)6)27(34)32-38(35,36)25-9-7-8-24(29)31-25/h7-14,16-18H,15H2,1-6H3,(H2,29,31)(H,32,34). The van der Waals surface area contributed by atoms with Crippen molar-refractivity contribution in [2.45, 2.75) is 58.7 Å². The first-order valence-electron chi connectivity index (χ1n) is 12.3. The summed E-state index contributed by atoms with van der Waals surface area (Å²) in [5.74, 6) is -0.483. The number of halogens is 1. The van der Waals surface area contributed by atoms with Crippen LogP contribution in [0.2, 0.25) is 0 Å². The summed E-state index contributed by atoms with van der Waals surface area (Å²) in [4.78, 5) is 23.7. The molecule has 3 N–H and O–H groups in total. The summed E-state index contributed by atoms with van der Waals surface area (Å²) in [5, 5.41) is -0.379. The molecule has 9 nitrogen and oxygen atoms in total. The average molecular weight is 544 g/mol. The second-order valence-electron chi connectivity index (χ2n) is 9.88. The summed E-state index contributed by atoms with van der Waals surface area (Å²) in [6.45, 7) is 12.1. The van der Waals surface area contributed by atoms with Gasteiger partial charge in [0.1, 0.15) is 23.2 Å². The summed E-state index contributed by atoms with van der Waals surface area (Å²) in [6, 6.07) is 11.3. The van der Waals surface area contributed by atoms with Crippen LogP contribution in [-0.4, -0.2) is 43.0 Å². The highest BCUT2D eigenvalue weighted by molar-refractivity contribution is 7.90. The number of pyridine rings is 2. The van der Waals surface area contributed by atoms with E-state index in [0.29, 0.717) is 23.6 Å². The Morgan fingerprint density at radius 1 is 1.03 bits per heavy atom. The largest absolute Gasteiger partial charge is 0.493 e. The predicted octanol–water partition coefficient (Wildman–Crippen LogP) is 4.64. The molecule has 0 saturated heterocycles. The number of carbonyl (C=O) groups excluding carboxylic acids is 1. The summed E-state index contributed by atoms with van der Waals surface area (Å²) < 4.78 is 47.9. The van der Waals surface area contributed by atoms with Gasteiger partial charge < -0.3 is 15.4 Å². The molecule has 0 saturated carbocycles. The predicted molar refractivity (Wildman–Crippen MR) is 146 cm³/mol. The number of carbonyl (C=O) groups is 1. The van der Waals surface area contributed by atoms with Gasteiger partial charge in [-0.15, -0.1) is 0 Å². The number of nitrogens with one attached hydrogen (secondary N) is 1. The molecule has 1 aromatic carbocycles. The van der Waals surface area contributed by atoms with Crippen LogP contribution in [0.5, 0.6) is 5.75 Å². The smallest absolute Gasteiger partial charge is 0.281 e. The molecule has 0 fully saturated rings. The maximum atomic E-state index is 14.5. The Hall–Kier alpha value is -3.73. The summed E-state index contributed by atoms with van der Waals surface area (Å²) in [6.07, 6.45) is 0. The Balaban J connectivity index is 2.08. The molecule has 0 radical (unpaired) electrons. The lowest BCUT2D eigenvalue weighted by atomic mass is 10.1. The zero-order valence-corrected chi connectivity index (χ0v) is 23.2. The van der Waals surface area contributed by atoms with Crippen LogP contribution in [0.1, 0.15) is 51.9 Å². The molecule has 0 aliphatic heterocycles. The zero-order chi connectivity index (χ0) is 28.2. The number of hydrogen-bond acceptors (Lipinski definition) is 8. The van der Waals surface area contributed by atoms with E-state index in [-0.39, 0.29) is 40.2 Å². The van der Waals surface area contributed by atoms with Crippen LogP contribution in [-0.2, 0) is 10.0 Å². The van der Waals surface area contributed by atoms with Gasteiger partial charge in [-0.2, -0.15) is 8.42 Å². The van der Waals surface area contributed by atoms with E-state index in [9.17, 15) is 17.6 Å². The second-order valence-corrected chi connectivity index (χ2v) is 11.5. The molecule has 2 heterocycles. The first-order valence-corrected chi connectivity index (χ1v) is 13.8. The molecule has 0 aliphatic carbocycles. The molecule has 0 aliphatic rings. The molecule has 0 spiro atoms. The summed E-state index contributed by atoms with van der Waals surface area (Å²) in [5.41, 5.74) is 6.51. The van der Waals surface area contributed by atoms with E-state index in [2.05, 4.69) is 9.71 Å². The van der Waals surface area contributed by atoms with Crippen LogP contribution < -0.4 is 20.1 Å². The molecule has 1 amide bonds. The number of anilines is 2. The van der Waals surface area contributed by atoms with Gasteiger partial charge in [0.15, 0.2) is 5.03 Å². The number of nitrogens with two attached hydrogens (primary N) is 1. The number of ether oxygens (including phenoxy) is 1. The molecule has 0 bridgehead atoms. The molecule has 0 atom stereocenters. The van der Waals surface area contributed by atoms with Gasteiger partial charge in [0.25, 0.3) is 15.9 Å². The van der Waals surface area contributed by atoms with Crippen LogP contribution in [0.25, 0.3) is 11.3 Å². The highest BCUT2D eigenvalue weighted by Crippen LogP contribution is 2.30. The number of benzene rings is 1. The van der Waals surface area contributed by atoms with Crippen molar-refractivity contribution in [3.8, 4) is 17.0 Å². The van der Waals surface area contributed by atoms with Gasteiger partial charge in [0.05, 0.1) is 17.9 Å². The fraction of sp³-hybridized carbons (Fsp3) is 0.370. The van der Waals surface area contributed by atoms with Gasteiger partial charge in [0, 0.05) is 23.7 Å². The Bertz CT molecular complexity index is 1400. The van der Waals surface area contributed by atoms with Crippen LogP contribution in [0.4, 0.5) is 16.0 Å². The molecular weight excluding hydrogens is 509 g/mol. The number of nitrogen functional groups attached to an aromatic ring is 1. The Morgan fingerprint density at radius 3 is 2.32 bits per heavy atom. The van der Waals surface area contributed by atoms with Gasteiger partial charge in [-0.05, 0) is 70.0 Å². The Labute approximate surface area is 223 Å². The van der Waals surface area contributed by atoms with E-state index in [0.717, 1.165) is 0 Å². The number of aromatic nitrogens is 2. The minimum atomic E-state index is -4.30. The van der Waals surface area contributed by atoms with Gasteiger partial charge in [-0.3, -0.25) is 4.79 Å². The van der Waals surface area contributed by atoms with Gasteiger partial charge in [-0.25, -0.2) is 19.1 Å². The first kappa shape index (κ1) is 28.8. The molecule has 3 aromatic rings. The molecule has 2 aromatic heterocycles. The van der Waals surface area contributed by atoms with E-state index in [1.54, 1.807) is 12.1 Å². The molecule has 11 heteroatoms. The monoisotopic (exact) mass is 543 g/mol. The third kappa shape index (κ3) is 6.97. The normalized spacial score (nSPS) is 11.7. The third-order valence-electron chi connectivity index (χ3n) is 5.47. The van der Waals surface area contributed by atoms with Crippen molar-refractivity contribution in [1.82, 2.24) is 14.7 Å². The van der Waals surface area contributed by atoms with Crippen LogP contribution in [0.3, 0.4) is 0 Å². The van der Waals surface area contributed by atoms with Crippen molar-refractivity contribution >= 4 is 27.6 Å². The van der Waals surface area contributed by atoms with Crippen molar-refractivity contribution < 1.29 is 22.3 Å². The zero-order valence-electron chi connectivity index (χ0n) is 22.4. The average Bonchev–Trinajstić information content (AvgIpc) is 2.81. The quantitative estimate of drug-likeness (QED) is 0.379.